The molecule has 1 amide bonds. The van der Waals surface area contributed by atoms with Crippen LogP contribution in [0.2, 0.25) is 0 Å². The number of hydrogen-bond acceptors (Lipinski definition) is 6. The van der Waals surface area contributed by atoms with Gasteiger partial charge in [0.15, 0.2) is 0 Å². The minimum absolute atomic E-state index is 0.0826. The number of ether oxygens (including phenoxy) is 1. The van der Waals surface area contributed by atoms with Crippen molar-refractivity contribution in [2.45, 2.75) is 56.7 Å². The first-order chi connectivity index (χ1) is 16.9. The maximum Gasteiger partial charge on any atom is 0.270 e. The fourth-order valence-electron chi connectivity index (χ4n) is 7.48. The summed E-state index contributed by atoms with van der Waals surface area (Å²) in [6, 6.07) is 14.4. The SMILES string of the molecule is COc1ccc(N2CCN(c3cccc(C(=O)NC4C5CC6CC4CC(O)(C6)C5)n3)[C@@H](C)C2)cc1. The normalized spacial score (nSPS) is 33.6. The number of piperazine rings is 1. The van der Waals surface area contributed by atoms with Gasteiger partial charge in [-0.2, -0.15) is 0 Å². The summed E-state index contributed by atoms with van der Waals surface area (Å²) in [6.07, 6.45) is 4.87. The predicted octanol–water partition coefficient (Wildman–Crippen LogP) is 3.47. The highest BCUT2D eigenvalue weighted by Gasteiger charge is 2.55. The van der Waals surface area contributed by atoms with Crippen LogP contribution in [0, 0.1) is 17.8 Å². The number of hydrogen-bond donors (Lipinski definition) is 2. The van der Waals surface area contributed by atoms with E-state index in [4.69, 9.17) is 9.72 Å². The molecular weight excluding hydrogens is 440 g/mol. The molecule has 1 saturated heterocycles. The molecule has 4 aliphatic carbocycles. The zero-order chi connectivity index (χ0) is 24.2. The van der Waals surface area contributed by atoms with Crippen LogP contribution < -0.4 is 19.9 Å². The summed E-state index contributed by atoms with van der Waals surface area (Å²) in [6.45, 7) is 4.84. The molecule has 7 heteroatoms. The third kappa shape index (κ3) is 4.24. The number of nitrogens with zero attached hydrogens (tertiary/aromatic N) is 3. The summed E-state index contributed by atoms with van der Waals surface area (Å²) in [7, 11) is 1.68. The van der Waals surface area contributed by atoms with Gasteiger partial charge in [0.05, 0.1) is 12.7 Å². The van der Waals surface area contributed by atoms with Gasteiger partial charge >= 0.3 is 0 Å². The van der Waals surface area contributed by atoms with E-state index in [2.05, 4.69) is 34.2 Å². The van der Waals surface area contributed by atoms with E-state index in [9.17, 15) is 9.90 Å². The molecule has 5 fully saturated rings. The van der Waals surface area contributed by atoms with Crippen molar-refractivity contribution in [3.8, 4) is 5.75 Å². The largest absolute Gasteiger partial charge is 0.497 e. The van der Waals surface area contributed by atoms with Gasteiger partial charge in [0.25, 0.3) is 5.91 Å². The molecule has 2 aromatic rings. The Kier molecular flexibility index (Phi) is 5.63. The van der Waals surface area contributed by atoms with Gasteiger partial charge in [-0.25, -0.2) is 4.98 Å². The number of methoxy groups -OCH3 is 1. The summed E-state index contributed by atoms with van der Waals surface area (Å²) in [5, 5.41) is 14.2. The van der Waals surface area contributed by atoms with Gasteiger partial charge in [-0.1, -0.05) is 6.07 Å². The predicted molar refractivity (Wildman–Crippen MR) is 136 cm³/mol. The summed E-state index contributed by atoms with van der Waals surface area (Å²) in [4.78, 5) is 22.7. The monoisotopic (exact) mass is 476 g/mol. The molecule has 7 nitrogen and oxygen atoms in total. The van der Waals surface area contributed by atoms with Gasteiger partial charge in [0.1, 0.15) is 17.3 Å². The number of carbonyl (C=O) groups is 1. The first-order valence-corrected chi connectivity index (χ1v) is 13.1. The molecule has 7 rings (SSSR count). The number of rotatable bonds is 5. The average molecular weight is 477 g/mol. The Bertz CT molecular complexity index is 1070. The quantitative estimate of drug-likeness (QED) is 0.688. The van der Waals surface area contributed by atoms with Crippen molar-refractivity contribution in [2.24, 2.45) is 17.8 Å². The molecule has 1 aromatic heterocycles. The van der Waals surface area contributed by atoms with Gasteiger partial charge in [-0.05, 0) is 93.2 Å². The number of nitrogens with one attached hydrogen (secondary N) is 1. The van der Waals surface area contributed by atoms with Crippen molar-refractivity contribution in [3.63, 3.8) is 0 Å². The Morgan fingerprint density at radius 1 is 1.09 bits per heavy atom. The van der Waals surface area contributed by atoms with E-state index < -0.39 is 5.60 Å². The minimum atomic E-state index is -0.486. The van der Waals surface area contributed by atoms with Gasteiger partial charge in [0.2, 0.25) is 0 Å². The minimum Gasteiger partial charge on any atom is -0.497 e. The van der Waals surface area contributed by atoms with Crippen molar-refractivity contribution in [1.82, 2.24) is 10.3 Å². The molecule has 0 radical (unpaired) electrons. The molecule has 2 heterocycles. The van der Waals surface area contributed by atoms with Gasteiger partial charge < -0.3 is 25.0 Å². The highest BCUT2D eigenvalue weighted by molar-refractivity contribution is 5.93. The van der Waals surface area contributed by atoms with E-state index in [-0.39, 0.29) is 18.0 Å². The topological polar surface area (TPSA) is 77.9 Å². The highest BCUT2D eigenvalue weighted by atomic mass is 16.5. The summed E-state index contributed by atoms with van der Waals surface area (Å²) in [5.74, 6) is 3.06. The van der Waals surface area contributed by atoms with Crippen molar-refractivity contribution in [2.75, 3.05) is 36.5 Å². The smallest absolute Gasteiger partial charge is 0.270 e. The van der Waals surface area contributed by atoms with E-state index in [1.807, 2.05) is 30.3 Å². The van der Waals surface area contributed by atoms with E-state index in [1.54, 1.807) is 7.11 Å². The van der Waals surface area contributed by atoms with Crippen molar-refractivity contribution in [3.05, 3.63) is 48.2 Å². The van der Waals surface area contributed by atoms with Crippen LogP contribution >= 0.6 is 0 Å². The van der Waals surface area contributed by atoms with E-state index in [1.165, 1.54) is 5.69 Å². The van der Waals surface area contributed by atoms with Crippen molar-refractivity contribution >= 4 is 17.4 Å². The maximum absolute atomic E-state index is 13.2. The lowest BCUT2D eigenvalue weighted by Gasteiger charge is -2.58. The fourth-order valence-corrected chi connectivity index (χ4v) is 7.48. The van der Waals surface area contributed by atoms with Crippen LogP contribution in [0.25, 0.3) is 0 Å². The molecular formula is C28H36N4O3. The van der Waals surface area contributed by atoms with Crippen LogP contribution in [0.15, 0.2) is 42.5 Å². The number of carbonyl (C=O) groups excluding carboxylic acids is 1. The molecule has 1 aromatic carbocycles. The van der Waals surface area contributed by atoms with Crippen LogP contribution in [0.5, 0.6) is 5.75 Å². The van der Waals surface area contributed by atoms with E-state index in [0.717, 1.165) is 63.3 Å². The molecule has 4 saturated carbocycles. The number of benzene rings is 1. The Morgan fingerprint density at radius 2 is 1.83 bits per heavy atom. The standard InChI is InChI=1S/C28H36N4O3/c1-18-17-31(22-6-8-23(35-2)9-7-22)10-11-32(18)25-5-3-4-24(29-25)27(33)30-26-20-12-19-13-21(26)16-28(34,14-19)15-20/h3-9,18-21,26,34H,10-17H2,1-2H3,(H,30,33)/t18-,19?,20?,21?,26?,28?/m0/s1. The lowest BCUT2D eigenvalue weighted by molar-refractivity contribution is -0.136. The molecule has 3 atom stereocenters. The van der Waals surface area contributed by atoms with Crippen LogP contribution in [0.1, 0.15) is 49.5 Å². The molecule has 2 N–H and O–H groups in total. The summed E-state index contributed by atoms with van der Waals surface area (Å²) < 4.78 is 5.28. The van der Waals surface area contributed by atoms with Gasteiger partial charge in [0, 0.05) is 37.4 Å². The number of anilines is 2. The summed E-state index contributed by atoms with van der Waals surface area (Å²) in [5.41, 5.74) is 1.19. The first kappa shape index (κ1) is 22.7. The molecule has 4 bridgehead atoms. The van der Waals surface area contributed by atoms with E-state index in [0.29, 0.717) is 23.4 Å². The highest BCUT2D eigenvalue weighted by Crippen LogP contribution is 2.55. The van der Waals surface area contributed by atoms with Crippen LogP contribution in [0.3, 0.4) is 0 Å². The second-order valence-corrected chi connectivity index (χ2v) is 11.3. The number of pyridine rings is 1. The zero-order valence-corrected chi connectivity index (χ0v) is 20.7. The van der Waals surface area contributed by atoms with Gasteiger partial charge in [-0.3, -0.25) is 4.79 Å². The molecule has 5 aliphatic rings. The molecule has 0 spiro atoms. The van der Waals surface area contributed by atoms with Gasteiger partial charge in [-0.15, -0.1) is 0 Å². The van der Waals surface area contributed by atoms with Crippen LogP contribution in [0.4, 0.5) is 11.5 Å². The summed E-state index contributed by atoms with van der Waals surface area (Å²) >= 11 is 0. The Morgan fingerprint density at radius 3 is 2.49 bits per heavy atom. The van der Waals surface area contributed by atoms with Crippen LogP contribution in [-0.2, 0) is 0 Å². The lowest BCUT2D eigenvalue weighted by atomic mass is 9.52. The Hall–Kier alpha value is -2.80. The molecule has 186 valence electrons. The maximum atomic E-state index is 13.2. The molecule has 2 unspecified atom stereocenters. The Labute approximate surface area is 207 Å². The Balaban J connectivity index is 1.12. The third-order valence-electron chi connectivity index (χ3n) is 8.86. The lowest BCUT2D eigenvalue weighted by Crippen LogP contribution is -2.61. The second-order valence-electron chi connectivity index (χ2n) is 11.3. The molecule has 35 heavy (non-hydrogen) atoms. The average Bonchev–Trinajstić information content (AvgIpc) is 2.85. The number of aromatic nitrogens is 1. The fraction of sp³-hybridized carbons (Fsp3) is 0.571. The third-order valence-corrected chi connectivity index (χ3v) is 8.86. The second kappa shape index (κ2) is 8.70. The number of aliphatic hydroxyl groups is 1. The molecule has 1 aliphatic heterocycles. The van der Waals surface area contributed by atoms with Crippen molar-refractivity contribution in [1.29, 1.82) is 0 Å². The van der Waals surface area contributed by atoms with Crippen LogP contribution in [-0.4, -0.2) is 60.4 Å². The number of amides is 1. The zero-order valence-electron chi connectivity index (χ0n) is 20.7. The van der Waals surface area contributed by atoms with E-state index >= 15 is 0 Å². The van der Waals surface area contributed by atoms with Crippen molar-refractivity contribution < 1.29 is 14.6 Å². The first-order valence-electron chi connectivity index (χ1n) is 13.1.